The van der Waals surface area contributed by atoms with E-state index in [0.29, 0.717) is 22.6 Å². The van der Waals surface area contributed by atoms with E-state index in [2.05, 4.69) is 25.6 Å². The van der Waals surface area contributed by atoms with Crippen molar-refractivity contribution in [1.29, 1.82) is 0 Å². The number of nitrogens with zero attached hydrogens (tertiary/aromatic N) is 2. The van der Waals surface area contributed by atoms with Crippen LogP contribution in [-0.4, -0.2) is 34.1 Å². The Bertz CT molecular complexity index is 997. The Hall–Kier alpha value is -3.06. The fourth-order valence-corrected chi connectivity index (χ4v) is 3.27. The normalized spacial score (nSPS) is 14.9. The van der Waals surface area contributed by atoms with Crippen molar-refractivity contribution in [2.45, 2.75) is 18.9 Å². The molecule has 0 bridgehead atoms. The molecule has 3 N–H and O–H groups in total. The Morgan fingerprint density at radius 3 is 2.74 bits per heavy atom. The zero-order chi connectivity index (χ0) is 18.6. The van der Waals surface area contributed by atoms with Crippen molar-refractivity contribution in [2.24, 2.45) is 0 Å². The number of pyridine rings is 1. The number of aromatic amines is 1. The third-order valence-electron chi connectivity index (χ3n) is 4.68. The zero-order valence-electron chi connectivity index (χ0n) is 14.7. The fraction of sp³-hybridized carbons (Fsp3) is 0.250. The summed E-state index contributed by atoms with van der Waals surface area (Å²) in [6.45, 7) is 1.89. The van der Waals surface area contributed by atoms with Crippen molar-refractivity contribution in [3.63, 3.8) is 0 Å². The number of rotatable bonds is 4. The molecular formula is C20H20FN5O. The van der Waals surface area contributed by atoms with Crippen LogP contribution in [0.4, 0.5) is 10.3 Å². The van der Waals surface area contributed by atoms with Gasteiger partial charge in [-0.3, -0.25) is 4.79 Å². The topological polar surface area (TPSA) is 82.7 Å². The molecule has 0 unspecified atom stereocenters. The minimum Gasteiger partial charge on any atom is -0.351 e. The standard InChI is InChI=1S/C20H20FN5O/c21-17-12-24-20(25-15-6-9-22-10-7-15)26-18(17)14-4-1-3-13(11-14)16-5-2-8-23-19(16)27/h1-5,8,11-12,15,22H,6-7,9-10H2,(H,23,27)(H,24,25,26). The van der Waals surface area contributed by atoms with E-state index < -0.39 is 5.82 Å². The molecule has 0 amide bonds. The van der Waals surface area contributed by atoms with Crippen molar-refractivity contribution in [3.8, 4) is 22.4 Å². The summed E-state index contributed by atoms with van der Waals surface area (Å²) in [6.07, 6.45) is 4.72. The molecular weight excluding hydrogens is 345 g/mol. The molecule has 2 aromatic heterocycles. The smallest absolute Gasteiger partial charge is 0.255 e. The van der Waals surface area contributed by atoms with Gasteiger partial charge in [0.05, 0.1) is 6.20 Å². The van der Waals surface area contributed by atoms with Gasteiger partial charge in [-0.2, -0.15) is 0 Å². The summed E-state index contributed by atoms with van der Waals surface area (Å²) in [4.78, 5) is 23.2. The molecule has 0 aliphatic carbocycles. The Morgan fingerprint density at radius 1 is 1.11 bits per heavy atom. The summed E-state index contributed by atoms with van der Waals surface area (Å²) in [5, 5.41) is 6.59. The van der Waals surface area contributed by atoms with Gasteiger partial charge >= 0.3 is 0 Å². The van der Waals surface area contributed by atoms with E-state index >= 15 is 0 Å². The summed E-state index contributed by atoms with van der Waals surface area (Å²) >= 11 is 0. The van der Waals surface area contributed by atoms with Crippen molar-refractivity contribution in [3.05, 3.63) is 65.0 Å². The average Bonchev–Trinajstić information content (AvgIpc) is 2.71. The molecule has 0 radical (unpaired) electrons. The molecule has 1 aromatic carbocycles. The molecule has 4 rings (SSSR count). The maximum Gasteiger partial charge on any atom is 0.255 e. The Morgan fingerprint density at radius 2 is 1.93 bits per heavy atom. The van der Waals surface area contributed by atoms with E-state index in [-0.39, 0.29) is 17.3 Å². The van der Waals surface area contributed by atoms with Crippen LogP contribution in [0.25, 0.3) is 22.4 Å². The number of halogens is 1. The highest BCUT2D eigenvalue weighted by Crippen LogP contribution is 2.26. The number of aromatic nitrogens is 3. The van der Waals surface area contributed by atoms with Gasteiger partial charge < -0.3 is 15.6 Å². The van der Waals surface area contributed by atoms with E-state index in [4.69, 9.17) is 0 Å². The molecule has 1 fully saturated rings. The van der Waals surface area contributed by atoms with Gasteiger partial charge in [-0.15, -0.1) is 0 Å². The third kappa shape index (κ3) is 3.88. The monoisotopic (exact) mass is 365 g/mol. The maximum atomic E-state index is 14.4. The summed E-state index contributed by atoms with van der Waals surface area (Å²) < 4.78 is 14.4. The van der Waals surface area contributed by atoms with Gasteiger partial charge in [0.2, 0.25) is 5.95 Å². The molecule has 1 aliphatic rings. The van der Waals surface area contributed by atoms with E-state index in [1.807, 2.05) is 6.07 Å². The van der Waals surface area contributed by atoms with Crippen LogP contribution in [0, 0.1) is 5.82 Å². The second kappa shape index (κ2) is 7.67. The Kier molecular flexibility index (Phi) is 4.93. The van der Waals surface area contributed by atoms with E-state index in [1.165, 1.54) is 6.20 Å². The number of nitrogens with one attached hydrogen (secondary N) is 3. The minimum absolute atomic E-state index is 0.189. The van der Waals surface area contributed by atoms with E-state index in [0.717, 1.165) is 25.9 Å². The first-order valence-electron chi connectivity index (χ1n) is 8.99. The molecule has 6 nitrogen and oxygen atoms in total. The second-order valence-corrected chi connectivity index (χ2v) is 6.55. The van der Waals surface area contributed by atoms with Crippen LogP contribution in [0.15, 0.2) is 53.6 Å². The van der Waals surface area contributed by atoms with Crippen LogP contribution in [0.3, 0.4) is 0 Å². The van der Waals surface area contributed by atoms with Gasteiger partial charge in [-0.25, -0.2) is 14.4 Å². The van der Waals surface area contributed by atoms with Crippen molar-refractivity contribution in [2.75, 3.05) is 18.4 Å². The number of hydrogen-bond donors (Lipinski definition) is 3. The zero-order valence-corrected chi connectivity index (χ0v) is 14.7. The van der Waals surface area contributed by atoms with Crippen molar-refractivity contribution in [1.82, 2.24) is 20.3 Å². The van der Waals surface area contributed by atoms with Gasteiger partial charge in [0.25, 0.3) is 5.56 Å². The SMILES string of the molecule is O=c1[nH]cccc1-c1cccc(-c2nc(NC3CCNCC3)ncc2F)c1. The number of benzene rings is 1. The highest BCUT2D eigenvalue weighted by molar-refractivity contribution is 5.71. The summed E-state index contributed by atoms with van der Waals surface area (Å²) in [7, 11) is 0. The first-order chi connectivity index (χ1) is 13.2. The van der Waals surface area contributed by atoms with E-state index in [9.17, 15) is 9.18 Å². The molecule has 3 heterocycles. The highest BCUT2D eigenvalue weighted by Gasteiger charge is 2.16. The lowest BCUT2D eigenvalue weighted by atomic mass is 10.0. The maximum absolute atomic E-state index is 14.4. The lowest BCUT2D eigenvalue weighted by molar-refractivity contribution is 0.477. The van der Waals surface area contributed by atoms with Crippen LogP contribution in [-0.2, 0) is 0 Å². The fourth-order valence-electron chi connectivity index (χ4n) is 3.27. The quantitative estimate of drug-likeness (QED) is 0.662. The van der Waals surface area contributed by atoms with Crippen LogP contribution in [0.2, 0.25) is 0 Å². The summed E-state index contributed by atoms with van der Waals surface area (Å²) in [5.41, 5.74) is 1.87. The van der Waals surface area contributed by atoms with Gasteiger partial charge in [0.15, 0.2) is 5.82 Å². The second-order valence-electron chi connectivity index (χ2n) is 6.55. The molecule has 1 aliphatic heterocycles. The molecule has 27 heavy (non-hydrogen) atoms. The van der Waals surface area contributed by atoms with Gasteiger partial charge in [0.1, 0.15) is 5.69 Å². The highest BCUT2D eigenvalue weighted by atomic mass is 19.1. The summed E-state index contributed by atoms with van der Waals surface area (Å²) in [5.74, 6) is -0.0776. The van der Waals surface area contributed by atoms with Crippen LogP contribution < -0.4 is 16.2 Å². The molecule has 0 atom stereocenters. The van der Waals surface area contributed by atoms with Gasteiger partial charge in [-0.05, 0) is 49.7 Å². The van der Waals surface area contributed by atoms with Crippen molar-refractivity contribution < 1.29 is 4.39 Å². The largest absolute Gasteiger partial charge is 0.351 e. The van der Waals surface area contributed by atoms with Gasteiger partial charge in [0, 0.05) is 23.4 Å². The molecule has 0 saturated carbocycles. The number of H-pyrrole nitrogens is 1. The van der Waals surface area contributed by atoms with Crippen molar-refractivity contribution >= 4 is 5.95 Å². The predicted octanol–water partition coefficient (Wildman–Crippen LogP) is 2.80. The van der Waals surface area contributed by atoms with Crippen LogP contribution in [0.1, 0.15) is 12.8 Å². The summed E-state index contributed by atoms with van der Waals surface area (Å²) in [6, 6.07) is 10.9. The minimum atomic E-state index is -0.495. The predicted molar refractivity (Wildman–Crippen MR) is 103 cm³/mol. The Balaban J connectivity index is 1.66. The molecule has 138 valence electrons. The first kappa shape index (κ1) is 17.4. The molecule has 0 spiro atoms. The number of anilines is 1. The van der Waals surface area contributed by atoms with E-state index in [1.54, 1.807) is 36.5 Å². The lowest BCUT2D eigenvalue weighted by Crippen LogP contribution is -2.35. The lowest BCUT2D eigenvalue weighted by Gasteiger charge is -2.23. The van der Waals surface area contributed by atoms with Crippen LogP contribution >= 0.6 is 0 Å². The molecule has 1 saturated heterocycles. The molecule has 3 aromatic rings. The average molecular weight is 365 g/mol. The third-order valence-corrected chi connectivity index (χ3v) is 4.68. The molecule has 7 heteroatoms. The number of piperidine rings is 1. The Labute approximate surface area is 155 Å². The van der Waals surface area contributed by atoms with Crippen LogP contribution in [0.5, 0.6) is 0 Å². The van der Waals surface area contributed by atoms with Gasteiger partial charge in [-0.1, -0.05) is 18.2 Å². The number of hydrogen-bond acceptors (Lipinski definition) is 5. The first-order valence-corrected chi connectivity index (χ1v) is 8.99.